The monoisotopic (exact) mass is 208 g/mol. The lowest BCUT2D eigenvalue weighted by Gasteiger charge is -2.15. The van der Waals surface area contributed by atoms with E-state index in [1.807, 2.05) is 12.2 Å². The number of esters is 1. The molecule has 0 spiro atoms. The van der Waals surface area contributed by atoms with Crippen molar-refractivity contribution in [1.82, 2.24) is 0 Å². The fraction of sp³-hybridized carbons (Fsp3) is 0.583. The van der Waals surface area contributed by atoms with Crippen LogP contribution in [0.25, 0.3) is 0 Å². The molecule has 2 heterocycles. The molecule has 0 saturated carbocycles. The molecule has 82 valence electrons. The van der Waals surface area contributed by atoms with Crippen molar-refractivity contribution in [2.45, 2.75) is 44.5 Å². The van der Waals surface area contributed by atoms with Crippen LogP contribution in [0, 0.1) is 0 Å². The largest absolute Gasteiger partial charge is 0.459 e. The molecule has 0 aromatic rings. The van der Waals surface area contributed by atoms with Gasteiger partial charge in [0.1, 0.15) is 12.2 Å². The molecule has 15 heavy (non-hydrogen) atoms. The van der Waals surface area contributed by atoms with Crippen LogP contribution in [-0.4, -0.2) is 24.3 Å². The lowest BCUT2D eigenvalue weighted by atomic mass is 10.1. The van der Waals surface area contributed by atoms with Gasteiger partial charge in [0.05, 0.1) is 6.10 Å². The molecule has 0 N–H and O–H groups in total. The highest BCUT2D eigenvalue weighted by atomic mass is 16.6. The molecule has 0 bridgehead atoms. The van der Waals surface area contributed by atoms with Crippen LogP contribution in [0.5, 0.6) is 0 Å². The molecule has 0 radical (unpaired) electrons. The Labute approximate surface area is 89.8 Å². The van der Waals surface area contributed by atoms with Crippen molar-refractivity contribution in [3.8, 4) is 0 Å². The number of cyclic esters (lactones) is 1. The van der Waals surface area contributed by atoms with Gasteiger partial charge in [-0.25, -0.2) is 4.79 Å². The molecule has 3 nitrogen and oxygen atoms in total. The fourth-order valence-corrected chi connectivity index (χ4v) is 1.83. The van der Waals surface area contributed by atoms with Gasteiger partial charge in [-0.1, -0.05) is 31.6 Å². The Morgan fingerprint density at radius 1 is 1.47 bits per heavy atom. The predicted octanol–water partition coefficient (Wildman–Crippen LogP) is 1.98. The van der Waals surface area contributed by atoms with Gasteiger partial charge in [-0.3, -0.25) is 0 Å². The second-order valence-electron chi connectivity index (χ2n) is 3.97. The topological polar surface area (TPSA) is 38.8 Å². The van der Waals surface area contributed by atoms with Gasteiger partial charge < -0.3 is 9.47 Å². The number of fused-ring (bicyclic) bond motifs is 1. The zero-order chi connectivity index (χ0) is 10.7. The van der Waals surface area contributed by atoms with E-state index in [1.54, 1.807) is 6.08 Å². The van der Waals surface area contributed by atoms with Crippen molar-refractivity contribution in [3.63, 3.8) is 0 Å². The maximum Gasteiger partial charge on any atom is 0.331 e. The number of epoxide rings is 1. The Morgan fingerprint density at radius 3 is 3.13 bits per heavy atom. The van der Waals surface area contributed by atoms with Gasteiger partial charge in [-0.05, 0) is 6.42 Å². The smallest absolute Gasteiger partial charge is 0.331 e. The number of allylic oxidation sites excluding steroid dienone is 2. The van der Waals surface area contributed by atoms with E-state index in [0.29, 0.717) is 0 Å². The molecule has 0 amide bonds. The number of ether oxygens (including phenoxy) is 2. The molecule has 3 atom stereocenters. The summed E-state index contributed by atoms with van der Waals surface area (Å²) in [5, 5.41) is 0. The lowest BCUT2D eigenvalue weighted by molar-refractivity contribution is -0.143. The van der Waals surface area contributed by atoms with Crippen molar-refractivity contribution in [2.24, 2.45) is 0 Å². The Balaban J connectivity index is 2.00. The van der Waals surface area contributed by atoms with E-state index in [0.717, 1.165) is 19.3 Å². The van der Waals surface area contributed by atoms with E-state index in [4.69, 9.17) is 9.47 Å². The minimum absolute atomic E-state index is 0.00801. The minimum atomic E-state index is -0.253. The minimum Gasteiger partial charge on any atom is -0.459 e. The number of rotatable bonds is 2. The third-order valence-corrected chi connectivity index (χ3v) is 2.65. The first kappa shape index (κ1) is 10.4. The van der Waals surface area contributed by atoms with Gasteiger partial charge in [0.15, 0.2) is 0 Å². The van der Waals surface area contributed by atoms with Crippen molar-refractivity contribution in [3.05, 3.63) is 24.3 Å². The molecular weight excluding hydrogens is 192 g/mol. The first-order valence-electron chi connectivity index (χ1n) is 5.50. The van der Waals surface area contributed by atoms with E-state index in [9.17, 15) is 4.79 Å². The van der Waals surface area contributed by atoms with Crippen LogP contribution in [0.4, 0.5) is 0 Å². The van der Waals surface area contributed by atoms with Crippen molar-refractivity contribution >= 4 is 5.97 Å². The standard InChI is InChI=1S/C12H16O3/c1-2-5-9-8-11-10(15-11)6-3-4-7-12(13)14-9/h3-4,6-7,9-11H,2,5,8H2,1H3/b6-3+,7-4-. The molecule has 1 saturated heterocycles. The number of carbonyl (C=O) groups is 1. The zero-order valence-corrected chi connectivity index (χ0v) is 8.89. The summed E-state index contributed by atoms with van der Waals surface area (Å²) in [6.07, 6.45) is 10.2. The molecule has 0 aromatic heterocycles. The van der Waals surface area contributed by atoms with Crippen LogP contribution in [-0.2, 0) is 14.3 Å². The summed E-state index contributed by atoms with van der Waals surface area (Å²) in [6, 6.07) is 0. The molecule has 2 rings (SSSR count). The van der Waals surface area contributed by atoms with Crippen LogP contribution >= 0.6 is 0 Å². The number of carbonyl (C=O) groups excluding carboxylic acids is 1. The average Bonchev–Trinajstić information content (AvgIpc) is 2.92. The summed E-state index contributed by atoms with van der Waals surface area (Å²) in [7, 11) is 0. The highest BCUT2D eigenvalue weighted by molar-refractivity contribution is 5.82. The third-order valence-electron chi connectivity index (χ3n) is 2.65. The van der Waals surface area contributed by atoms with Crippen LogP contribution in [0.1, 0.15) is 26.2 Å². The Morgan fingerprint density at radius 2 is 2.33 bits per heavy atom. The molecule has 0 aromatic carbocycles. The number of hydrogen-bond acceptors (Lipinski definition) is 3. The van der Waals surface area contributed by atoms with Gasteiger partial charge in [0, 0.05) is 12.5 Å². The van der Waals surface area contributed by atoms with Crippen molar-refractivity contribution in [2.75, 3.05) is 0 Å². The van der Waals surface area contributed by atoms with Crippen molar-refractivity contribution in [1.29, 1.82) is 0 Å². The Hall–Kier alpha value is -1.09. The predicted molar refractivity (Wildman–Crippen MR) is 56.3 cm³/mol. The van der Waals surface area contributed by atoms with Crippen molar-refractivity contribution < 1.29 is 14.3 Å². The second kappa shape index (κ2) is 4.62. The zero-order valence-electron chi connectivity index (χ0n) is 8.89. The highest BCUT2D eigenvalue weighted by Crippen LogP contribution is 2.30. The summed E-state index contributed by atoms with van der Waals surface area (Å²) in [4.78, 5) is 11.3. The second-order valence-corrected chi connectivity index (χ2v) is 3.97. The summed E-state index contributed by atoms with van der Waals surface area (Å²) in [5.74, 6) is -0.253. The number of hydrogen-bond donors (Lipinski definition) is 0. The molecule has 3 unspecified atom stereocenters. The maximum absolute atomic E-state index is 11.3. The highest BCUT2D eigenvalue weighted by Gasteiger charge is 2.38. The first-order chi connectivity index (χ1) is 7.29. The normalized spacial score (nSPS) is 38.7. The summed E-state index contributed by atoms with van der Waals surface area (Å²) in [5.41, 5.74) is 0. The molecular formula is C12H16O3. The van der Waals surface area contributed by atoms with E-state index in [2.05, 4.69) is 6.92 Å². The molecule has 3 heteroatoms. The van der Waals surface area contributed by atoms with Gasteiger partial charge >= 0.3 is 5.97 Å². The van der Waals surface area contributed by atoms with E-state index in [1.165, 1.54) is 6.08 Å². The average molecular weight is 208 g/mol. The molecule has 1 fully saturated rings. The van der Waals surface area contributed by atoms with E-state index < -0.39 is 0 Å². The van der Waals surface area contributed by atoms with Gasteiger partial charge in [-0.15, -0.1) is 0 Å². The molecule has 2 aliphatic rings. The Bertz CT molecular complexity index is 293. The summed E-state index contributed by atoms with van der Waals surface area (Å²) < 4.78 is 10.8. The first-order valence-corrected chi connectivity index (χ1v) is 5.50. The van der Waals surface area contributed by atoms with Crippen LogP contribution in [0.3, 0.4) is 0 Å². The Kier molecular flexibility index (Phi) is 3.21. The van der Waals surface area contributed by atoms with E-state index >= 15 is 0 Å². The van der Waals surface area contributed by atoms with E-state index in [-0.39, 0.29) is 24.3 Å². The lowest BCUT2D eigenvalue weighted by Crippen LogP contribution is -2.19. The summed E-state index contributed by atoms with van der Waals surface area (Å²) >= 11 is 0. The SMILES string of the molecule is CCCC1CC2OC2/C=C/C=C\C(=O)O1. The molecule has 2 aliphatic heterocycles. The van der Waals surface area contributed by atoms with Gasteiger partial charge in [-0.2, -0.15) is 0 Å². The quantitative estimate of drug-likeness (QED) is 0.514. The third kappa shape index (κ3) is 2.93. The summed E-state index contributed by atoms with van der Waals surface area (Å²) in [6.45, 7) is 2.09. The van der Waals surface area contributed by atoms with Gasteiger partial charge in [0.25, 0.3) is 0 Å². The fourth-order valence-electron chi connectivity index (χ4n) is 1.83. The van der Waals surface area contributed by atoms with Crippen LogP contribution < -0.4 is 0 Å². The van der Waals surface area contributed by atoms with Crippen LogP contribution in [0.15, 0.2) is 24.3 Å². The maximum atomic E-state index is 11.3. The van der Waals surface area contributed by atoms with Gasteiger partial charge in [0.2, 0.25) is 0 Å². The van der Waals surface area contributed by atoms with Crippen LogP contribution in [0.2, 0.25) is 0 Å². The molecule has 0 aliphatic carbocycles.